The van der Waals surface area contributed by atoms with Gasteiger partial charge in [0.25, 0.3) is 0 Å². The van der Waals surface area contributed by atoms with Gasteiger partial charge in [-0.05, 0) is 6.92 Å². The van der Waals surface area contributed by atoms with E-state index in [0.29, 0.717) is 29.6 Å². The second-order valence-electron chi connectivity index (χ2n) is 3.73. The van der Waals surface area contributed by atoms with E-state index in [0.717, 1.165) is 0 Å². The van der Waals surface area contributed by atoms with E-state index in [1.54, 1.807) is 24.1 Å². The van der Waals surface area contributed by atoms with E-state index in [-0.39, 0.29) is 4.99 Å². The van der Waals surface area contributed by atoms with Crippen LogP contribution >= 0.6 is 12.2 Å². The summed E-state index contributed by atoms with van der Waals surface area (Å²) in [5, 5.41) is 7.27. The molecule has 8 heteroatoms. The first kappa shape index (κ1) is 12.4. The number of aryl methyl sites for hydroxylation is 2. The van der Waals surface area contributed by atoms with E-state index in [2.05, 4.69) is 25.4 Å². The fraction of sp³-hybridized carbons (Fsp3) is 0.300. The first-order valence-electron chi connectivity index (χ1n) is 5.28. The molecule has 18 heavy (non-hydrogen) atoms. The highest BCUT2D eigenvalue weighted by molar-refractivity contribution is 7.80. The van der Waals surface area contributed by atoms with Crippen LogP contribution in [0.4, 0.5) is 5.82 Å². The van der Waals surface area contributed by atoms with Crippen LogP contribution in [0.3, 0.4) is 0 Å². The van der Waals surface area contributed by atoms with Gasteiger partial charge in [-0.3, -0.25) is 4.68 Å². The maximum atomic E-state index is 5.61. The number of hydrogen-bond donors (Lipinski definition) is 2. The number of thiocarbonyl (C=S) groups is 1. The van der Waals surface area contributed by atoms with Crippen molar-refractivity contribution >= 4 is 23.0 Å². The van der Waals surface area contributed by atoms with Crippen molar-refractivity contribution in [2.45, 2.75) is 13.5 Å². The highest BCUT2D eigenvalue weighted by Gasteiger charge is 2.08. The number of nitrogens with zero attached hydrogens (tertiary/aromatic N) is 5. The van der Waals surface area contributed by atoms with Gasteiger partial charge in [0.1, 0.15) is 23.0 Å². The van der Waals surface area contributed by atoms with E-state index in [9.17, 15) is 0 Å². The first-order valence-corrected chi connectivity index (χ1v) is 5.69. The molecule has 0 aromatic carbocycles. The van der Waals surface area contributed by atoms with Gasteiger partial charge in [-0.15, -0.1) is 0 Å². The molecule has 0 unspecified atom stereocenters. The van der Waals surface area contributed by atoms with Crippen LogP contribution < -0.4 is 11.1 Å². The van der Waals surface area contributed by atoms with Crippen molar-refractivity contribution in [3.05, 3.63) is 29.7 Å². The molecule has 2 aromatic rings. The Kier molecular flexibility index (Phi) is 3.47. The van der Waals surface area contributed by atoms with Crippen LogP contribution in [0.2, 0.25) is 0 Å². The van der Waals surface area contributed by atoms with Gasteiger partial charge in [0.2, 0.25) is 0 Å². The van der Waals surface area contributed by atoms with Crippen molar-refractivity contribution in [2.75, 3.05) is 5.32 Å². The highest BCUT2D eigenvalue weighted by atomic mass is 32.1. The molecule has 0 amide bonds. The smallest absolute Gasteiger partial charge is 0.169 e. The summed E-state index contributed by atoms with van der Waals surface area (Å²) in [6, 6.07) is 0. The Balaban J connectivity index is 2.17. The SMILES string of the molecule is Cc1ncc(C(N)=S)c(NCc2ncn(C)n2)n1. The maximum absolute atomic E-state index is 5.61. The monoisotopic (exact) mass is 263 g/mol. The minimum Gasteiger partial charge on any atom is -0.389 e. The number of nitrogens with two attached hydrogens (primary N) is 1. The molecule has 0 fully saturated rings. The van der Waals surface area contributed by atoms with E-state index in [1.807, 2.05) is 7.05 Å². The van der Waals surface area contributed by atoms with E-state index in [1.165, 1.54) is 0 Å². The van der Waals surface area contributed by atoms with Crippen LogP contribution in [-0.4, -0.2) is 29.7 Å². The molecular formula is C10H13N7S. The summed E-state index contributed by atoms with van der Waals surface area (Å²) in [7, 11) is 1.81. The molecule has 94 valence electrons. The lowest BCUT2D eigenvalue weighted by Crippen LogP contribution is -2.16. The van der Waals surface area contributed by atoms with Crippen molar-refractivity contribution in [1.29, 1.82) is 0 Å². The number of rotatable bonds is 4. The Labute approximate surface area is 109 Å². The van der Waals surface area contributed by atoms with Crippen LogP contribution in [0, 0.1) is 6.92 Å². The van der Waals surface area contributed by atoms with Gasteiger partial charge >= 0.3 is 0 Å². The molecule has 0 spiro atoms. The summed E-state index contributed by atoms with van der Waals surface area (Å²) in [5.74, 6) is 1.91. The normalized spacial score (nSPS) is 10.3. The lowest BCUT2D eigenvalue weighted by Gasteiger charge is -2.08. The average molecular weight is 263 g/mol. The van der Waals surface area contributed by atoms with E-state index in [4.69, 9.17) is 18.0 Å². The van der Waals surface area contributed by atoms with Gasteiger partial charge in [-0.25, -0.2) is 15.0 Å². The third kappa shape index (κ3) is 2.77. The molecule has 0 bridgehead atoms. The predicted octanol–water partition coefficient (Wildman–Crippen LogP) is 0.160. The van der Waals surface area contributed by atoms with Crippen LogP contribution in [-0.2, 0) is 13.6 Å². The Morgan fingerprint density at radius 2 is 2.28 bits per heavy atom. The predicted molar refractivity (Wildman–Crippen MR) is 71.0 cm³/mol. The fourth-order valence-corrected chi connectivity index (χ4v) is 1.56. The molecule has 2 heterocycles. The summed E-state index contributed by atoms with van der Waals surface area (Å²) < 4.78 is 1.64. The summed E-state index contributed by atoms with van der Waals surface area (Å²) in [6.07, 6.45) is 3.25. The molecule has 0 aliphatic carbocycles. The van der Waals surface area contributed by atoms with E-state index >= 15 is 0 Å². The second kappa shape index (κ2) is 5.05. The summed E-state index contributed by atoms with van der Waals surface area (Å²) >= 11 is 4.95. The summed E-state index contributed by atoms with van der Waals surface area (Å²) in [5.41, 5.74) is 6.23. The van der Waals surface area contributed by atoms with Gasteiger partial charge in [0, 0.05) is 13.2 Å². The molecule has 7 nitrogen and oxygen atoms in total. The molecule has 0 atom stereocenters. The minimum atomic E-state index is 0.256. The average Bonchev–Trinajstić information content (AvgIpc) is 2.72. The third-order valence-electron chi connectivity index (χ3n) is 2.24. The molecule has 0 radical (unpaired) electrons. The summed E-state index contributed by atoms with van der Waals surface area (Å²) in [4.78, 5) is 12.7. The minimum absolute atomic E-state index is 0.256. The Hall–Kier alpha value is -2.09. The molecular weight excluding hydrogens is 250 g/mol. The quantitative estimate of drug-likeness (QED) is 0.759. The van der Waals surface area contributed by atoms with Crippen LogP contribution in [0.25, 0.3) is 0 Å². The van der Waals surface area contributed by atoms with Crippen LogP contribution in [0.5, 0.6) is 0 Å². The number of aromatic nitrogens is 5. The number of hydrogen-bond acceptors (Lipinski definition) is 6. The lowest BCUT2D eigenvalue weighted by atomic mass is 10.3. The van der Waals surface area contributed by atoms with Gasteiger partial charge in [-0.2, -0.15) is 5.10 Å². The molecule has 2 aromatic heterocycles. The third-order valence-corrected chi connectivity index (χ3v) is 2.46. The Bertz CT molecular complexity index is 577. The van der Waals surface area contributed by atoms with Gasteiger partial charge in [0.05, 0.1) is 12.1 Å². The highest BCUT2D eigenvalue weighted by Crippen LogP contribution is 2.12. The van der Waals surface area contributed by atoms with E-state index < -0.39 is 0 Å². The van der Waals surface area contributed by atoms with Crippen molar-refractivity contribution in [3.63, 3.8) is 0 Å². The van der Waals surface area contributed by atoms with Gasteiger partial charge < -0.3 is 11.1 Å². The van der Waals surface area contributed by atoms with Gasteiger partial charge in [0.15, 0.2) is 5.82 Å². The number of nitrogens with one attached hydrogen (secondary N) is 1. The van der Waals surface area contributed by atoms with Crippen molar-refractivity contribution < 1.29 is 0 Å². The standard InChI is InChI=1S/C10H13N7S/c1-6-12-3-7(9(11)18)10(15-6)13-4-8-14-5-17(2)16-8/h3,5H,4H2,1-2H3,(H2,11,18)(H,12,13,15). The Morgan fingerprint density at radius 3 is 2.89 bits per heavy atom. The molecule has 0 aliphatic heterocycles. The van der Waals surface area contributed by atoms with Crippen LogP contribution in [0.15, 0.2) is 12.5 Å². The zero-order chi connectivity index (χ0) is 13.1. The van der Waals surface area contributed by atoms with Gasteiger partial charge in [-0.1, -0.05) is 12.2 Å². The molecule has 0 saturated heterocycles. The molecule has 0 saturated carbocycles. The van der Waals surface area contributed by atoms with Crippen LogP contribution in [0.1, 0.15) is 17.2 Å². The van der Waals surface area contributed by atoms with Crippen molar-refractivity contribution in [2.24, 2.45) is 12.8 Å². The molecule has 0 aliphatic rings. The fourth-order valence-electron chi connectivity index (χ4n) is 1.41. The lowest BCUT2D eigenvalue weighted by molar-refractivity contribution is 0.746. The zero-order valence-electron chi connectivity index (χ0n) is 10.1. The topological polar surface area (TPSA) is 94.5 Å². The first-order chi connectivity index (χ1) is 8.56. The number of anilines is 1. The zero-order valence-corrected chi connectivity index (χ0v) is 10.9. The molecule has 2 rings (SSSR count). The Morgan fingerprint density at radius 1 is 1.50 bits per heavy atom. The maximum Gasteiger partial charge on any atom is 0.169 e. The van der Waals surface area contributed by atoms with Crippen molar-refractivity contribution in [1.82, 2.24) is 24.7 Å². The van der Waals surface area contributed by atoms with Crippen molar-refractivity contribution in [3.8, 4) is 0 Å². The molecule has 3 N–H and O–H groups in total. The second-order valence-corrected chi connectivity index (χ2v) is 4.17. The summed E-state index contributed by atoms with van der Waals surface area (Å²) in [6.45, 7) is 2.25. The largest absolute Gasteiger partial charge is 0.389 e.